The number of carbonyl (C=O) groups is 1. The number of aliphatic hydroxyl groups excluding tert-OH is 1. The number of hydrogen-bond donors (Lipinski definition) is 2. The van der Waals surface area contributed by atoms with Crippen molar-refractivity contribution in [3.05, 3.63) is 22.4 Å². The molecule has 0 aromatic carbocycles. The predicted octanol–water partition coefficient (Wildman–Crippen LogP) is 1.79. The molecule has 0 spiro atoms. The van der Waals surface area contributed by atoms with Crippen molar-refractivity contribution in [3.8, 4) is 0 Å². The minimum absolute atomic E-state index is 0.0925. The van der Waals surface area contributed by atoms with Crippen LogP contribution in [0.5, 0.6) is 0 Å². The van der Waals surface area contributed by atoms with Crippen LogP contribution in [0.15, 0.2) is 16.7 Å². The first-order valence-electron chi connectivity index (χ1n) is 6.38. The number of halogens is 1. The fourth-order valence-electron chi connectivity index (χ4n) is 1.82. The summed E-state index contributed by atoms with van der Waals surface area (Å²) in [6.07, 6.45) is 3.43. The molecule has 0 radical (unpaired) electrons. The summed E-state index contributed by atoms with van der Waals surface area (Å²) in [6, 6.07) is 1.51. The molecule has 0 aliphatic carbocycles. The lowest BCUT2D eigenvalue weighted by Gasteiger charge is -2.16. The van der Waals surface area contributed by atoms with Gasteiger partial charge in [-0.3, -0.25) is 4.79 Å². The molecule has 0 bridgehead atoms. The van der Waals surface area contributed by atoms with Gasteiger partial charge in [-0.25, -0.2) is 0 Å². The first kappa shape index (κ1) is 16.2. The first-order chi connectivity index (χ1) is 9.12. The Hall–Kier alpha value is -0.850. The van der Waals surface area contributed by atoms with Crippen molar-refractivity contribution < 1.29 is 14.6 Å². The normalized spacial score (nSPS) is 12.4. The number of carbonyl (C=O) groups excluding carboxylic acids is 1. The molecule has 0 fully saturated rings. The summed E-state index contributed by atoms with van der Waals surface area (Å²) in [5.74, 6) is -0.172. The van der Waals surface area contributed by atoms with Crippen LogP contribution in [0.3, 0.4) is 0 Å². The highest BCUT2D eigenvalue weighted by molar-refractivity contribution is 9.10. The number of nitrogens with zero attached hydrogens (tertiary/aromatic N) is 1. The van der Waals surface area contributed by atoms with Crippen molar-refractivity contribution in [3.63, 3.8) is 0 Å². The number of aliphatic hydroxyl groups is 1. The lowest BCUT2D eigenvalue weighted by molar-refractivity contribution is 0.0885. The molecule has 1 rings (SSSR count). The van der Waals surface area contributed by atoms with Crippen LogP contribution in [0, 0.1) is 0 Å². The van der Waals surface area contributed by atoms with Gasteiger partial charge in [0.2, 0.25) is 0 Å². The summed E-state index contributed by atoms with van der Waals surface area (Å²) in [5, 5.41) is 12.1. The lowest BCUT2D eigenvalue weighted by Crippen LogP contribution is -2.39. The largest absolute Gasteiger partial charge is 0.394 e. The van der Waals surface area contributed by atoms with Gasteiger partial charge in [0.25, 0.3) is 5.91 Å². The van der Waals surface area contributed by atoms with E-state index >= 15 is 0 Å². The zero-order valence-electron chi connectivity index (χ0n) is 11.4. The number of ether oxygens (including phenoxy) is 1. The second-order valence-electron chi connectivity index (χ2n) is 4.37. The van der Waals surface area contributed by atoms with Crippen LogP contribution in [0.1, 0.15) is 30.3 Å². The molecule has 1 amide bonds. The molecule has 108 valence electrons. The van der Waals surface area contributed by atoms with Crippen LogP contribution in [0.4, 0.5) is 0 Å². The Morgan fingerprint density at radius 3 is 2.95 bits per heavy atom. The maximum absolute atomic E-state index is 12.2. The Morgan fingerprint density at radius 1 is 1.63 bits per heavy atom. The fourth-order valence-corrected chi connectivity index (χ4v) is 2.28. The standard InChI is InChI=1S/C13H21BrN2O3/c1-3-5-16-8-10(14)7-12(16)13(18)15-11(9-17)4-6-19-2/h7-8,11,17H,3-6,9H2,1-2H3,(H,15,18). The van der Waals surface area contributed by atoms with Crippen molar-refractivity contribution in [2.75, 3.05) is 20.3 Å². The minimum atomic E-state index is -0.281. The first-order valence-corrected chi connectivity index (χ1v) is 7.18. The highest BCUT2D eigenvalue weighted by Crippen LogP contribution is 2.15. The van der Waals surface area contributed by atoms with E-state index in [1.165, 1.54) is 0 Å². The highest BCUT2D eigenvalue weighted by Gasteiger charge is 2.16. The van der Waals surface area contributed by atoms with Crippen LogP contribution in [-0.4, -0.2) is 41.9 Å². The van der Waals surface area contributed by atoms with Crippen LogP contribution in [-0.2, 0) is 11.3 Å². The quantitative estimate of drug-likeness (QED) is 0.762. The number of aryl methyl sites for hydroxylation is 1. The molecule has 6 heteroatoms. The van der Waals surface area contributed by atoms with Crippen LogP contribution >= 0.6 is 15.9 Å². The maximum atomic E-state index is 12.2. The highest BCUT2D eigenvalue weighted by atomic mass is 79.9. The third kappa shape index (κ3) is 4.97. The van der Waals surface area contributed by atoms with Crippen LogP contribution in [0.25, 0.3) is 0 Å². The van der Waals surface area contributed by atoms with Crippen molar-refractivity contribution in [2.24, 2.45) is 0 Å². The summed E-state index contributed by atoms with van der Waals surface area (Å²) in [6.45, 7) is 3.26. The molecule has 0 aliphatic heterocycles. The Kier molecular flexibility index (Phi) is 7.12. The number of aromatic nitrogens is 1. The number of rotatable bonds is 8. The molecular formula is C13H21BrN2O3. The van der Waals surface area contributed by atoms with Gasteiger partial charge in [-0.1, -0.05) is 6.92 Å². The van der Waals surface area contributed by atoms with Crippen molar-refractivity contribution in [2.45, 2.75) is 32.4 Å². The maximum Gasteiger partial charge on any atom is 0.268 e. The third-order valence-corrected chi connectivity index (χ3v) is 3.22. The SMILES string of the molecule is CCCn1cc(Br)cc1C(=O)NC(CO)CCOC. The molecule has 1 heterocycles. The zero-order valence-corrected chi connectivity index (χ0v) is 12.9. The van der Waals surface area contributed by atoms with Gasteiger partial charge < -0.3 is 19.7 Å². The summed E-state index contributed by atoms with van der Waals surface area (Å²) < 4.78 is 7.74. The third-order valence-electron chi connectivity index (χ3n) is 2.79. The average Bonchev–Trinajstić information content (AvgIpc) is 2.76. The molecular weight excluding hydrogens is 312 g/mol. The zero-order chi connectivity index (χ0) is 14.3. The molecule has 1 aromatic heterocycles. The minimum Gasteiger partial charge on any atom is -0.394 e. The number of nitrogens with one attached hydrogen (secondary N) is 1. The predicted molar refractivity (Wildman–Crippen MR) is 77.3 cm³/mol. The molecule has 1 atom stereocenters. The Balaban J connectivity index is 2.70. The summed E-state index contributed by atoms with van der Waals surface area (Å²) >= 11 is 3.38. The topological polar surface area (TPSA) is 63.5 Å². The van der Waals surface area contributed by atoms with E-state index in [4.69, 9.17) is 4.74 Å². The molecule has 0 saturated carbocycles. The van der Waals surface area contributed by atoms with E-state index in [-0.39, 0.29) is 18.6 Å². The lowest BCUT2D eigenvalue weighted by atomic mass is 10.2. The van der Waals surface area contributed by atoms with Gasteiger partial charge >= 0.3 is 0 Å². The van der Waals surface area contributed by atoms with Gasteiger partial charge in [0, 0.05) is 30.9 Å². The molecule has 1 aromatic rings. The fraction of sp³-hybridized carbons (Fsp3) is 0.615. The van der Waals surface area contributed by atoms with Gasteiger partial charge in [-0.2, -0.15) is 0 Å². The molecule has 5 nitrogen and oxygen atoms in total. The van der Waals surface area contributed by atoms with E-state index in [0.29, 0.717) is 18.7 Å². The van der Waals surface area contributed by atoms with Gasteiger partial charge in [0.05, 0.1) is 12.6 Å². The monoisotopic (exact) mass is 332 g/mol. The second-order valence-corrected chi connectivity index (χ2v) is 5.29. The Morgan fingerprint density at radius 2 is 2.37 bits per heavy atom. The molecule has 1 unspecified atom stereocenters. The molecule has 2 N–H and O–H groups in total. The van der Waals surface area contributed by atoms with E-state index in [2.05, 4.69) is 28.2 Å². The Labute approximate surface area is 122 Å². The van der Waals surface area contributed by atoms with E-state index in [1.807, 2.05) is 10.8 Å². The number of hydrogen-bond acceptors (Lipinski definition) is 3. The molecule has 0 saturated heterocycles. The molecule has 0 aliphatic rings. The van der Waals surface area contributed by atoms with E-state index < -0.39 is 0 Å². The number of methoxy groups -OCH3 is 1. The van der Waals surface area contributed by atoms with Gasteiger partial charge in [0.15, 0.2) is 0 Å². The summed E-state index contributed by atoms with van der Waals surface area (Å²) in [7, 11) is 1.60. The molecule has 19 heavy (non-hydrogen) atoms. The van der Waals surface area contributed by atoms with Gasteiger partial charge in [0.1, 0.15) is 5.69 Å². The van der Waals surface area contributed by atoms with Gasteiger partial charge in [-0.15, -0.1) is 0 Å². The van der Waals surface area contributed by atoms with Gasteiger partial charge in [-0.05, 0) is 34.8 Å². The summed E-state index contributed by atoms with van der Waals surface area (Å²) in [4.78, 5) is 12.2. The average molecular weight is 333 g/mol. The van der Waals surface area contributed by atoms with E-state index in [1.54, 1.807) is 13.2 Å². The van der Waals surface area contributed by atoms with Crippen molar-refractivity contribution in [1.29, 1.82) is 0 Å². The van der Waals surface area contributed by atoms with Crippen molar-refractivity contribution >= 4 is 21.8 Å². The van der Waals surface area contributed by atoms with E-state index in [9.17, 15) is 9.90 Å². The summed E-state index contributed by atoms with van der Waals surface area (Å²) in [5.41, 5.74) is 0.601. The Bertz CT molecular complexity index is 407. The number of amides is 1. The second kappa shape index (κ2) is 8.35. The smallest absolute Gasteiger partial charge is 0.268 e. The van der Waals surface area contributed by atoms with Crippen LogP contribution < -0.4 is 5.32 Å². The van der Waals surface area contributed by atoms with Crippen LogP contribution in [0.2, 0.25) is 0 Å². The van der Waals surface area contributed by atoms with Crippen molar-refractivity contribution in [1.82, 2.24) is 9.88 Å². The van der Waals surface area contributed by atoms with E-state index in [0.717, 1.165) is 17.4 Å².